The van der Waals surface area contributed by atoms with Crippen molar-refractivity contribution in [2.75, 3.05) is 11.6 Å². The summed E-state index contributed by atoms with van der Waals surface area (Å²) >= 11 is 7.07. The lowest BCUT2D eigenvalue weighted by Crippen LogP contribution is -2.10. The van der Waals surface area contributed by atoms with E-state index in [-0.39, 0.29) is 5.82 Å². The standard InChI is InChI=1S/C12H9ClF3N3S/c1-20-8-4-2-7(3-5-8)17-10-6-9(12(14,15)16)18-11(13)19-10/h2-6H,1H3,(H,17,18,19). The summed E-state index contributed by atoms with van der Waals surface area (Å²) in [4.78, 5) is 7.93. The molecule has 0 fully saturated rings. The zero-order valence-electron chi connectivity index (χ0n) is 10.2. The summed E-state index contributed by atoms with van der Waals surface area (Å²) in [6, 6.07) is 8.00. The molecule has 8 heteroatoms. The Hall–Kier alpha value is -1.47. The second-order valence-corrected chi connectivity index (χ2v) is 4.98. The van der Waals surface area contributed by atoms with Crippen LogP contribution in [0, 0.1) is 0 Å². The number of anilines is 2. The van der Waals surface area contributed by atoms with Gasteiger partial charge in [-0.25, -0.2) is 9.97 Å². The van der Waals surface area contributed by atoms with E-state index in [4.69, 9.17) is 11.6 Å². The fourth-order valence-corrected chi connectivity index (χ4v) is 2.04. The third-order valence-electron chi connectivity index (χ3n) is 2.35. The van der Waals surface area contributed by atoms with Crippen LogP contribution in [0.5, 0.6) is 0 Å². The van der Waals surface area contributed by atoms with Crippen molar-refractivity contribution in [3.63, 3.8) is 0 Å². The highest BCUT2D eigenvalue weighted by Crippen LogP contribution is 2.30. The lowest BCUT2D eigenvalue weighted by molar-refractivity contribution is -0.141. The van der Waals surface area contributed by atoms with Gasteiger partial charge in [0.25, 0.3) is 0 Å². The smallest absolute Gasteiger partial charge is 0.340 e. The first-order chi connectivity index (χ1) is 9.38. The van der Waals surface area contributed by atoms with Crippen molar-refractivity contribution in [3.8, 4) is 0 Å². The van der Waals surface area contributed by atoms with Crippen LogP contribution in [-0.4, -0.2) is 16.2 Å². The third kappa shape index (κ3) is 3.77. The molecule has 3 nitrogen and oxygen atoms in total. The number of alkyl halides is 3. The summed E-state index contributed by atoms with van der Waals surface area (Å²) in [6.07, 6.45) is -2.63. The van der Waals surface area contributed by atoms with Crippen molar-refractivity contribution in [1.29, 1.82) is 0 Å². The maximum atomic E-state index is 12.6. The van der Waals surface area contributed by atoms with E-state index >= 15 is 0 Å². The van der Waals surface area contributed by atoms with Crippen LogP contribution in [0.25, 0.3) is 0 Å². The lowest BCUT2D eigenvalue weighted by atomic mass is 10.3. The number of benzene rings is 1. The lowest BCUT2D eigenvalue weighted by Gasteiger charge is -2.10. The molecule has 0 spiro atoms. The van der Waals surface area contributed by atoms with Crippen LogP contribution in [0.3, 0.4) is 0 Å². The van der Waals surface area contributed by atoms with E-state index < -0.39 is 17.2 Å². The SMILES string of the molecule is CSc1ccc(Nc2cc(C(F)(F)F)nc(Cl)n2)cc1. The average molecular weight is 320 g/mol. The first kappa shape index (κ1) is 14.9. The van der Waals surface area contributed by atoms with Gasteiger partial charge in [-0.1, -0.05) is 0 Å². The minimum absolute atomic E-state index is 0.00535. The first-order valence-electron chi connectivity index (χ1n) is 5.41. The fourth-order valence-electron chi connectivity index (χ4n) is 1.45. The molecule has 0 saturated heterocycles. The summed E-state index contributed by atoms with van der Waals surface area (Å²) in [5.41, 5.74) is -0.466. The van der Waals surface area contributed by atoms with Crippen LogP contribution < -0.4 is 5.32 Å². The highest BCUT2D eigenvalue weighted by molar-refractivity contribution is 7.98. The summed E-state index contributed by atoms with van der Waals surface area (Å²) in [7, 11) is 0. The van der Waals surface area contributed by atoms with Gasteiger partial charge in [0, 0.05) is 16.6 Å². The third-order valence-corrected chi connectivity index (χ3v) is 3.26. The topological polar surface area (TPSA) is 37.8 Å². The molecule has 0 amide bonds. The Balaban J connectivity index is 2.26. The van der Waals surface area contributed by atoms with Gasteiger partial charge in [0.15, 0.2) is 5.69 Å². The Labute approximate surface area is 122 Å². The van der Waals surface area contributed by atoms with Crippen molar-refractivity contribution in [3.05, 3.63) is 41.3 Å². The molecule has 0 saturated carbocycles. The van der Waals surface area contributed by atoms with Crippen LogP contribution in [0.1, 0.15) is 5.69 Å². The van der Waals surface area contributed by atoms with Crippen molar-refractivity contribution >= 4 is 34.9 Å². The highest BCUT2D eigenvalue weighted by atomic mass is 35.5. The van der Waals surface area contributed by atoms with Crippen molar-refractivity contribution < 1.29 is 13.2 Å². The Kier molecular flexibility index (Phi) is 4.39. The molecule has 106 valence electrons. The average Bonchev–Trinajstić information content (AvgIpc) is 2.38. The minimum atomic E-state index is -4.56. The Morgan fingerprint density at radius 3 is 2.35 bits per heavy atom. The van der Waals surface area contributed by atoms with E-state index in [1.54, 1.807) is 23.9 Å². The van der Waals surface area contributed by atoms with E-state index in [9.17, 15) is 13.2 Å². The van der Waals surface area contributed by atoms with Crippen LogP contribution in [0.4, 0.5) is 24.7 Å². The van der Waals surface area contributed by atoms with E-state index in [2.05, 4.69) is 15.3 Å². The van der Waals surface area contributed by atoms with Crippen molar-refractivity contribution in [2.45, 2.75) is 11.1 Å². The summed E-state index contributed by atoms with van der Waals surface area (Å²) in [5, 5.41) is 2.31. The normalized spacial score (nSPS) is 11.4. The second kappa shape index (κ2) is 5.88. The molecular formula is C12H9ClF3N3S. The molecule has 0 aliphatic rings. The molecule has 2 aromatic rings. The van der Waals surface area contributed by atoms with Crippen LogP contribution in [0.15, 0.2) is 35.2 Å². The molecule has 0 radical (unpaired) electrons. The zero-order chi connectivity index (χ0) is 14.8. The zero-order valence-corrected chi connectivity index (χ0v) is 11.8. The maximum Gasteiger partial charge on any atom is 0.433 e. The van der Waals surface area contributed by atoms with Gasteiger partial charge in [0.1, 0.15) is 5.82 Å². The van der Waals surface area contributed by atoms with Gasteiger partial charge < -0.3 is 5.32 Å². The predicted octanol–water partition coefficient (Wildman–Crippen LogP) is 4.61. The maximum absolute atomic E-state index is 12.6. The number of hydrogen-bond donors (Lipinski definition) is 1. The number of rotatable bonds is 3. The number of hydrogen-bond acceptors (Lipinski definition) is 4. The van der Waals surface area contributed by atoms with E-state index in [1.165, 1.54) is 0 Å². The van der Waals surface area contributed by atoms with Crippen molar-refractivity contribution in [2.24, 2.45) is 0 Å². The largest absolute Gasteiger partial charge is 0.433 e. The number of halogens is 4. The van der Waals surface area contributed by atoms with E-state index in [0.29, 0.717) is 5.69 Å². The van der Waals surface area contributed by atoms with Crippen LogP contribution >= 0.6 is 23.4 Å². The van der Waals surface area contributed by atoms with Gasteiger partial charge in [0.05, 0.1) is 0 Å². The molecule has 0 aliphatic carbocycles. The Morgan fingerprint density at radius 2 is 1.80 bits per heavy atom. The summed E-state index contributed by atoms with van der Waals surface area (Å²) in [6.45, 7) is 0. The fraction of sp³-hybridized carbons (Fsp3) is 0.167. The molecule has 0 atom stereocenters. The van der Waals surface area contributed by atoms with Gasteiger partial charge in [-0.15, -0.1) is 11.8 Å². The summed E-state index contributed by atoms with van der Waals surface area (Å²) < 4.78 is 37.8. The monoisotopic (exact) mass is 319 g/mol. The molecule has 1 aromatic carbocycles. The van der Waals surface area contributed by atoms with E-state index in [1.807, 2.05) is 18.4 Å². The molecule has 1 aromatic heterocycles. The van der Waals surface area contributed by atoms with Crippen LogP contribution in [0.2, 0.25) is 5.28 Å². The van der Waals surface area contributed by atoms with Gasteiger partial charge in [0.2, 0.25) is 5.28 Å². The molecule has 1 N–H and O–H groups in total. The molecule has 0 bridgehead atoms. The molecular weight excluding hydrogens is 311 g/mol. The Bertz CT molecular complexity index is 602. The molecule has 0 aliphatic heterocycles. The predicted molar refractivity (Wildman–Crippen MR) is 73.5 cm³/mol. The van der Waals surface area contributed by atoms with Crippen molar-refractivity contribution in [1.82, 2.24) is 9.97 Å². The summed E-state index contributed by atoms with van der Waals surface area (Å²) in [5.74, 6) is -0.00535. The van der Waals surface area contributed by atoms with Gasteiger partial charge in [-0.05, 0) is 42.1 Å². The second-order valence-electron chi connectivity index (χ2n) is 3.76. The number of nitrogens with one attached hydrogen (secondary N) is 1. The molecule has 20 heavy (non-hydrogen) atoms. The number of aromatic nitrogens is 2. The molecule has 1 heterocycles. The Morgan fingerprint density at radius 1 is 1.15 bits per heavy atom. The highest BCUT2D eigenvalue weighted by Gasteiger charge is 2.33. The first-order valence-corrected chi connectivity index (χ1v) is 7.01. The van der Waals surface area contributed by atoms with Gasteiger partial charge in [-0.2, -0.15) is 13.2 Å². The molecule has 0 unspecified atom stereocenters. The number of thioether (sulfide) groups is 1. The quantitative estimate of drug-likeness (QED) is 0.662. The van der Waals surface area contributed by atoms with Gasteiger partial charge >= 0.3 is 6.18 Å². The van der Waals surface area contributed by atoms with Crippen LogP contribution in [-0.2, 0) is 6.18 Å². The molecule has 2 rings (SSSR count). The van der Waals surface area contributed by atoms with Gasteiger partial charge in [-0.3, -0.25) is 0 Å². The van der Waals surface area contributed by atoms with E-state index in [0.717, 1.165) is 11.0 Å². The number of nitrogens with zero attached hydrogens (tertiary/aromatic N) is 2. The minimum Gasteiger partial charge on any atom is -0.340 e.